The van der Waals surface area contributed by atoms with Crippen molar-refractivity contribution in [1.29, 1.82) is 0 Å². The number of halogens is 1. The van der Waals surface area contributed by atoms with Crippen LogP contribution in [0.25, 0.3) is 10.9 Å². The lowest BCUT2D eigenvalue weighted by atomic mass is 10.0. The maximum Gasteiger partial charge on any atom is 0.319 e. The summed E-state index contributed by atoms with van der Waals surface area (Å²) in [4.78, 5) is 69.9. The van der Waals surface area contributed by atoms with Crippen LogP contribution < -0.4 is 21.3 Å². The summed E-state index contributed by atoms with van der Waals surface area (Å²) in [5, 5.41) is 12.9. The molecule has 1 fully saturated rings. The number of piperidine rings is 1. The summed E-state index contributed by atoms with van der Waals surface area (Å²) < 4.78 is 5.41. The molecule has 2 aromatic carbocycles. The topological polar surface area (TPSA) is 162 Å². The number of nitrogens with zero attached hydrogens (tertiary/aromatic N) is 3. The highest BCUT2D eigenvalue weighted by atomic mass is 35.5. The minimum Gasteiger partial charge on any atom is -0.464 e. The zero-order valence-electron chi connectivity index (χ0n) is 27.7. The molecule has 0 bridgehead atoms. The molecule has 5 rings (SSSR count). The Balaban J connectivity index is 0.976. The van der Waals surface area contributed by atoms with E-state index in [4.69, 9.17) is 16.3 Å². The fourth-order valence-corrected chi connectivity index (χ4v) is 6.31. The van der Waals surface area contributed by atoms with Gasteiger partial charge in [-0.3, -0.25) is 29.5 Å². The second kappa shape index (κ2) is 16.6. The first-order chi connectivity index (χ1) is 23.6. The molecule has 3 aromatic rings. The van der Waals surface area contributed by atoms with E-state index in [0.717, 1.165) is 42.5 Å². The summed E-state index contributed by atoms with van der Waals surface area (Å²) in [7, 11) is 0. The zero-order chi connectivity index (χ0) is 34.9. The van der Waals surface area contributed by atoms with Gasteiger partial charge < -0.3 is 30.5 Å². The molecule has 2 unspecified atom stereocenters. The van der Waals surface area contributed by atoms with E-state index in [0.29, 0.717) is 28.4 Å². The van der Waals surface area contributed by atoms with Gasteiger partial charge in [0.25, 0.3) is 5.91 Å². The third-order valence-electron chi connectivity index (χ3n) is 8.78. The first-order valence-corrected chi connectivity index (χ1v) is 17.0. The molecule has 0 aliphatic carbocycles. The van der Waals surface area contributed by atoms with Crippen molar-refractivity contribution in [2.24, 2.45) is 0 Å². The molecule has 0 spiro atoms. The van der Waals surface area contributed by atoms with Gasteiger partial charge in [0, 0.05) is 71.2 Å². The minimum absolute atomic E-state index is 0.00724. The molecule has 13 nitrogen and oxygen atoms in total. The average molecular weight is 692 g/mol. The van der Waals surface area contributed by atoms with Crippen LogP contribution in [-0.2, 0) is 25.7 Å². The van der Waals surface area contributed by atoms with Gasteiger partial charge in [0.1, 0.15) is 12.6 Å². The summed E-state index contributed by atoms with van der Waals surface area (Å²) in [6.45, 7) is 7.00. The van der Waals surface area contributed by atoms with Crippen LogP contribution >= 0.6 is 11.6 Å². The van der Waals surface area contributed by atoms with Crippen LogP contribution in [0.4, 0.5) is 16.2 Å². The van der Waals surface area contributed by atoms with Crippen LogP contribution in [0.5, 0.6) is 0 Å². The van der Waals surface area contributed by atoms with Crippen LogP contribution in [0, 0.1) is 0 Å². The Morgan fingerprint density at radius 2 is 1.98 bits per heavy atom. The van der Waals surface area contributed by atoms with Gasteiger partial charge in [0.15, 0.2) is 0 Å². The molecule has 3 heterocycles. The highest BCUT2D eigenvalue weighted by Gasteiger charge is 2.40. The van der Waals surface area contributed by atoms with Crippen LogP contribution in [-0.4, -0.2) is 89.4 Å². The van der Waals surface area contributed by atoms with Crippen LogP contribution in [0.2, 0.25) is 5.02 Å². The number of carbonyl (C=O) groups excluding carboxylic acids is 5. The van der Waals surface area contributed by atoms with Crippen LogP contribution in [0.15, 0.2) is 48.7 Å². The number of hydrogen-bond donors (Lipinski definition) is 4. The van der Waals surface area contributed by atoms with E-state index in [1.54, 1.807) is 24.4 Å². The number of likely N-dealkylation sites (N-methyl/N-ethyl adjacent to an activating group) is 1. The average Bonchev–Trinajstić information content (AvgIpc) is 3.40. The maximum atomic E-state index is 13.0. The summed E-state index contributed by atoms with van der Waals surface area (Å²) in [6.07, 6.45) is 4.12. The number of rotatable bonds is 15. The molecule has 1 saturated heterocycles. The number of urea groups is 1. The van der Waals surface area contributed by atoms with Crippen molar-refractivity contribution in [2.75, 3.05) is 43.4 Å². The van der Waals surface area contributed by atoms with Crippen molar-refractivity contribution in [2.45, 2.75) is 64.6 Å². The number of esters is 1. The normalized spacial score (nSPS) is 16.4. The molecular formula is C35H42ClN7O6. The van der Waals surface area contributed by atoms with E-state index < -0.39 is 23.9 Å². The molecule has 4 N–H and O–H groups in total. The smallest absolute Gasteiger partial charge is 0.319 e. The van der Waals surface area contributed by atoms with Gasteiger partial charge in [-0.1, -0.05) is 24.6 Å². The van der Waals surface area contributed by atoms with E-state index in [1.165, 1.54) is 4.90 Å². The summed E-state index contributed by atoms with van der Waals surface area (Å²) in [5.74, 6) is -1.60. The SMILES string of the molecule is CCN(CCCC(C)Nc1ccnc2cc(Cl)ccc12)CCOC(=O)CCNC(=O)Nc1cccc2c1CN(C1CCC(=O)NC1=O)C2=O. The molecular weight excluding hydrogens is 650 g/mol. The van der Waals surface area contributed by atoms with Gasteiger partial charge in [-0.15, -0.1) is 0 Å². The second-order valence-corrected chi connectivity index (χ2v) is 12.7. The van der Waals surface area contributed by atoms with Crippen molar-refractivity contribution in [3.05, 3.63) is 64.8 Å². The Hall–Kier alpha value is -4.75. The van der Waals surface area contributed by atoms with Gasteiger partial charge in [0.05, 0.1) is 11.9 Å². The minimum atomic E-state index is -0.749. The van der Waals surface area contributed by atoms with Crippen molar-refractivity contribution < 1.29 is 28.7 Å². The number of benzene rings is 2. The number of anilines is 2. The van der Waals surface area contributed by atoms with E-state index in [2.05, 4.69) is 45.0 Å². The van der Waals surface area contributed by atoms with Gasteiger partial charge in [-0.2, -0.15) is 0 Å². The number of nitrogens with one attached hydrogen (secondary N) is 4. The summed E-state index contributed by atoms with van der Waals surface area (Å²) in [6, 6.07) is 11.6. The third-order valence-corrected chi connectivity index (χ3v) is 9.02. The number of imide groups is 1. The molecule has 2 atom stereocenters. The fraction of sp³-hybridized carbons (Fsp3) is 0.429. The number of carbonyl (C=O) groups is 5. The van der Waals surface area contributed by atoms with Crippen molar-refractivity contribution in [1.82, 2.24) is 25.4 Å². The molecule has 260 valence electrons. The van der Waals surface area contributed by atoms with Gasteiger partial charge in [0.2, 0.25) is 11.8 Å². The molecule has 2 aliphatic rings. The molecule has 5 amide bonds. The number of ether oxygens (including phenoxy) is 1. The first kappa shape index (κ1) is 35.6. The number of hydrogen-bond acceptors (Lipinski definition) is 9. The largest absolute Gasteiger partial charge is 0.464 e. The van der Waals surface area contributed by atoms with E-state index in [-0.39, 0.29) is 56.8 Å². The Labute approximate surface area is 290 Å². The maximum absolute atomic E-state index is 13.0. The molecule has 0 radical (unpaired) electrons. The first-order valence-electron chi connectivity index (χ1n) is 16.6. The standard InChI is InChI=1S/C35H42ClN7O6/c1-3-42(17-5-6-22(2)39-28-13-15-37-29-20-23(36)9-10-25(28)29)18-19-49-32(45)14-16-38-35(48)40-27-8-4-7-24-26(27)21-43(34(24)47)30-11-12-31(44)41-33(30)46/h4,7-10,13,15,20,22,30H,3,5-6,11-12,14,16-19,21H2,1-2H3,(H,37,39)(H2,38,40,48)(H,41,44,46). The molecule has 1 aromatic heterocycles. The van der Waals surface area contributed by atoms with Crippen molar-refractivity contribution in [3.8, 4) is 0 Å². The van der Waals surface area contributed by atoms with E-state index >= 15 is 0 Å². The number of aromatic nitrogens is 1. The van der Waals surface area contributed by atoms with Gasteiger partial charge in [-0.05, 0) is 75.7 Å². The predicted octanol–water partition coefficient (Wildman–Crippen LogP) is 4.31. The Morgan fingerprint density at radius 1 is 1.14 bits per heavy atom. The Kier molecular flexibility index (Phi) is 12.0. The predicted molar refractivity (Wildman–Crippen MR) is 186 cm³/mol. The van der Waals surface area contributed by atoms with E-state index in [9.17, 15) is 24.0 Å². The lowest BCUT2D eigenvalue weighted by Crippen LogP contribution is -2.52. The lowest BCUT2D eigenvalue weighted by Gasteiger charge is -2.29. The Morgan fingerprint density at radius 3 is 2.78 bits per heavy atom. The fourth-order valence-electron chi connectivity index (χ4n) is 6.14. The van der Waals surface area contributed by atoms with Crippen LogP contribution in [0.3, 0.4) is 0 Å². The van der Waals surface area contributed by atoms with Gasteiger partial charge >= 0.3 is 12.0 Å². The number of pyridine rings is 1. The monoisotopic (exact) mass is 691 g/mol. The van der Waals surface area contributed by atoms with Crippen LogP contribution in [0.1, 0.15) is 61.9 Å². The third kappa shape index (κ3) is 9.24. The lowest BCUT2D eigenvalue weighted by molar-refractivity contribution is -0.144. The summed E-state index contributed by atoms with van der Waals surface area (Å²) >= 11 is 6.11. The molecule has 0 saturated carbocycles. The molecule has 14 heteroatoms. The molecule has 49 heavy (non-hydrogen) atoms. The summed E-state index contributed by atoms with van der Waals surface area (Å²) in [5.41, 5.74) is 3.29. The highest BCUT2D eigenvalue weighted by molar-refractivity contribution is 6.31. The second-order valence-electron chi connectivity index (χ2n) is 12.2. The van der Waals surface area contributed by atoms with Crippen molar-refractivity contribution in [3.63, 3.8) is 0 Å². The Bertz CT molecular complexity index is 1720. The zero-order valence-corrected chi connectivity index (χ0v) is 28.5. The van der Waals surface area contributed by atoms with Crippen molar-refractivity contribution >= 4 is 63.6 Å². The quantitative estimate of drug-likeness (QED) is 0.134. The number of amides is 5. The highest BCUT2D eigenvalue weighted by Crippen LogP contribution is 2.32. The number of fused-ring (bicyclic) bond motifs is 2. The molecule has 2 aliphatic heterocycles. The van der Waals surface area contributed by atoms with E-state index in [1.807, 2.05) is 24.3 Å². The van der Waals surface area contributed by atoms with Gasteiger partial charge in [-0.25, -0.2) is 4.79 Å².